The number of rotatable bonds is 8. The van der Waals surface area contributed by atoms with Gasteiger partial charge in [0.15, 0.2) is 5.96 Å². The summed E-state index contributed by atoms with van der Waals surface area (Å²) in [5.74, 6) is 0.405. The van der Waals surface area contributed by atoms with E-state index in [2.05, 4.69) is 15.6 Å². The van der Waals surface area contributed by atoms with E-state index in [9.17, 15) is 4.79 Å². The van der Waals surface area contributed by atoms with Gasteiger partial charge in [0, 0.05) is 25.3 Å². The van der Waals surface area contributed by atoms with Crippen molar-refractivity contribution in [3.8, 4) is 0 Å². The van der Waals surface area contributed by atoms with Crippen molar-refractivity contribution in [1.29, 1.82) is 0 Å². The minimum absolute atomic E-state index is 0.0257. The summed E-state index contributed by atoms with van der Waals surface area (Å²) in [6.07, 6.45) is 1.36. The Morgan fingerprint density at radius 2 is 2.23 bits per heavy atom. The Hall–Kier alpha value is -2.08. The van der Waals surface area contributed by atoms with Crippen LogP contribution in [0.15, 0.2) is 29.3 Å². The number of carbonyl (C=O) groups is 1. The molecule has 4 N–H and O–H groups in total. The lowest BCUT2D eigenvalue weighted by atomic mass is 10.2. The summed E-state index contributed by atoms with van der Waals surface area (Å²) in [4.78, 5) is 15.9. The fourth-order valence-electron chi connectivity index (χ4n) is 1.96. The fourth-order valence-corrected chi connectivity index (χ4v) is 1.96. The van der Waals surface area contributed by atoms with E-state index in [-0.39, 0.29) is 11.9 Å². The number of anilines is 1. The third kappa shape index (κ3) is 7.08. The molecule has 0 aliphatic rings. The van der Waals surface area contributed by atoms with Crippen molar-refractivity contribution in [3.63, 3.8) is 0 Å². The number of carbonyl (C=O) groups excluding carboxylic acids is 1. The molecular weight excluding hydrogens is 280 g/mol. The van der Waals surface area contributed by atoms with Crippen molar-refractivity contribution in [3.05, 3.63) is 29.8 Å². The predicted molar refractivity (Wildman–Crippen MR) is 89.8 cm³/mol. The monoisotopic (exact) mass is 306 g/mol. The normalized spacial score (nSPS) is 12.8. The summed E-state index contributed by atoms with van der Waals surface area (Å²) in [5, 5.41) is 5.92. The summed E-state index contributed by atoms with van der Waals surface area (Å²) in [6, 6.07) is 7.72. The molecule has 0 heterocycles. The lowest BCUT2D eigenvalue weighted by molar-refractivity contribution is -0.116. The van der Waals surface area contributed by atoms with Crippen molar-refractivity contribution in [2.45, 2.75) is 39.3 Å². The lowest BCUT2D eigenvalue weighted by Crippen LogP contribution is -2.40. The van der Waals surface area contributed by atoms with E-state index < -0.39 is 0 Å². The molecule has 1 aromatic carbocycles. The van der Waals surface area contributed by atoms with Crippen molar-refractivity contribution in [2.24, 2.45) is 10.7 Å². The van der Waals surface area contributed by atoms with Crippen LogP contribution in [-0.4, -0.2) is 31.6 Å². The number of aliphatic imine (C=N–C) groups is 1. The zero-order valence-corrected chi connectivity index (χ0v) is 13.6. The molecule has 0 saturated carbocycles. The number of benzene rings is 1. The Morgan fingerprint density at radius 1 is 1.45 bits per heavy atom. The third-order valence-electron chi connectivity index (χ3n) is 2.93. The van der Waals surface area contributed by atoms with Crippen LogP contribution in [0.4, 0.5) is 5.69 Å². The molecule has 6 nitrogen and oxygen atoms in total. The summed E-state index contributed by atoms with van der Waals surface area (Å²) in [5.41, 5.74) is 7.59. The average Bonchev–Trinajstić information content (AvgIpc) is 2.46. The lowest BCUT2D eigenvalue weighted by Gasteiger charge is -2.13. The smallest absolute Gasteiger partial charge is 0.224 e. The van der Waals surface area contributed by atoms with Gasteiger partial charge in [-0.3, -0.25) is 4.79 Å². The van der Waals surface area contributed by atoms with Gasteiger partial charge in [0.2, 0.25) is 5.91 Å². The summed E-state index contributed by atoms with van der Waals surface area (Å²) < 4.78 is 5.03. The van der Waals surface area contributed by atoms with Gasteiger partial charge in [0.05, 0.1) is 13.2 Å². The molecule has 0 aliphatic carbocycles. The number of amides is 1. The van der Waals surface area contributed by atoms with Crippen LogP contribution in [0.1, 0.15) is 32.3 Å². The highest BCUT2D eigenvalue weighted by Crippen LogP contribution is 2.12. The maximum Gasteiger partial charge on any atom is 0.224 e. The van der Waals surface area contributed by atoms with Crippen LogP contribution in [0, 0.1) is 0 Å². The second kappa shape index (κ2) is 9.78. The number of ether oxygens (including phenoxy) is 1. The SMILES string of the molecule is CCCC(=O)Nc1cccc(CN=C(N)NC(C)COC)c1. The van der Waals surface area contributed by atoms with Crippen LogP contribution in [0.5, 0.6) is 0 Å². The van der Waals surface area contributed by atoms with E-state index in [1.54, 1.807) is 7.11 Å². The fraction of sp³-hybridized carbons (Fsp3) is 0.500. The number of nitrogens with two attached hydrogens (primary N) is 1. The van der Waals surface area contributed by atoms with Crippen molar-refractivity contribution in [1.82, 2.24) is 5.32 Å². The average molecular weight is 306 g/mol. The van der Waals surface area contributed by atoms with Crippen molar-refractivity contribution < 1.29 is 9.53 Å². The van der Waals surface area contributed by atoms with Crippen LogP contribution in [-0.2, 0) is 16.1 Å². The molecule has 1 rings (SSSR count). The number of guanidine groups is 1. The van der Waals surface area contributed by atoms with Crippen LogP contribution in [0.25, 0.3) is 0 Å². The van der Waals surface area contributed by atoms with E-state index in [0.717, 1.165) is 17.7 Å². The minimum atomic E-state index is 0.0257. The highest BCUT2D eigenvalue weighted by Gasteiger charge is 2.03. The molecule has 0 bridgehead atoms. The van der Waals surface area contributed by atoms with Gasteiger partial charge in [-0.05, 0) is 31.0 Å². The van der Waals surface area contributed by atoms with Gasteiger partial charge in [0.25, 0.3) is 0 Å². The Labute approximate surface area is 132 Å². The van der Waals surface area contributed by atoms with E-state index in [1.807, 2.05) is 38.1 Å². The Kier molecular flexibility index (Phi) is 7.99. The number of nitrogens with one attached hydrogen (secondary N) is 2. The summed E-state index contributed by atoms with van der Waals surface area (Å²) in [6.45, 7) is 4.96. The van der Waals surface area contributed by atoms with E-state index in [4.69, 9.17) is 10.5 Å². The molecule has 1 amide bonds. The molecule has 0 fully saturated rings. The van der Waals surface area contributed by atoms with Gasteiger partial charge in [-0.15, -0.1) is 0 Å². The zero-order valence-electron chi connectivity index (χ0n) is 13.6. The Morgan fingerprint density at radius 3 is 2.91 bits per heavy atom. The Bertz CT molecular complexity index is 503. The first kappa shape index (κ1) is 18.0. The first-order valence-electron chi connectivity index (χ1n) is 7.49. The first-order valence-corrected chi connectivity index (χ1v) is 7.49. The van der Waals surface area contributed by atoms with Gasteiger partial charge in [-0.1, -0.05) is 19.1 Å². The molecule has 0 aromatic heterocycles. The van der Waals surface area contributed by atoms with Crippen LogP contribution < -0.4 is 16.4 Å². The molecule has 0 spiro atoms. The van der Waals surface area contributed by atoms with Gasteiger partial charge >= 0.3 is 0 Å². The third-order valence-corrected chi connectivity index (χ3v) is 2.93. The molecule has 0 aliphatic heterocycles. The molecule has 6 heteroatoms. The molecule has 22 heavy (non-hydrogen) atoms. The summed E-state index contributed by atoms with van der Waals surface area (Å²) >= 11 is 0. The van der Waals surface area contributed by atoms with E-state index in [0.29, 0.717) is 25.5 Å². The largest absolute Gasteiger partial charge is 0.383 e. The molecular formula is C16H26N4O2. The van der Waals surface area contributed by atoms with Crippen molar-refractivity contribution in [2.75, 3.05) is 19.0 Å². The molecule has 0 radical (unpaired) electrons. The number of hydrogen-bond acceptors (Lipinski definition) is 3. The molecule has 1 aromatic rings. The Balaban J connectivity index is 2.57. The molecule has 1 unspecified atom stereocenters. The van der Waals surface area contributed by atoms with E-state index in [1.165, 1.54) is 0 Å². The van der Waals surface area contributed by atoms with E-state index >= 15 is 0 Å². The number of nitrogens with zero attached hydrogens (tertiary/aromatic N) is 1. The summed E-state index contributed by atoms with van der Waals surface area (Å²) in [7, 11) is 1.64. The molecule has 0 saturated heterocycles. The van der Waals surface area contributed by atoms with Gasteiger partial charge < -0.3 is 21.1 Å². The number of hydrogen-bond donors (Lipinski definition) is 3. The van der Waals surface area contributed by atoms with Crippen LogP contribution in [0.3, 0.4) is 0 Å². The standard InChI is InChI=1S/C16H26N4O2/c1-4-6-15(21)20-14-8-5-7-13(9-14)10-18-16(17)19-12(2)11-22-3/h5,7-9,12H,4,6,10-11H2,1-3H3,(H,20,21)(H3,17,18,19). The van der Waals surface area contributed by atoms with Crippen molar-refractivity contribution >= 4 is 17.6 Å². The second-order valence-corrected chi connectivity index (χ2v) is 5.20. The molecule has 122 valence electrons. The quantitative estimate of drug-likeness (QED) is 0.505. The minimum Gasteiger partial charge on any atom is -0.383 e. The maximum absolute atomic E-state index is 11.6. The topological polar surface area (TPSA) is 88.7 Å². The first-order chi connectivity index (χ1) is 10.5. The van der Waals surface area contributed by atoms with Gasteiger partial charge in [-0.25, -0.2) is 4.99 Å². The zero-order chi connectivity index (χ0) is 16.4. The highest BCUT2D eigenvalue weighted by molar-refractivity contribution is 5.90. The second-order valence-electron chi connectivity index (χ2n) is 5.20. The number of methoxy groups -OCH3 is 1. The van der Waals surface area contributed by atoms with Crippen LogP contribution >= 0.6 is 0 Å². The van der Waals surface area contributed by atoms with Crippen LogP contribution in [0.2, 0.25) is 0 Å². The maximum atomic E-state index is 11.6. The molecule has 1 atom stereocenters. The van der Waals surface area contributed by atoms with Gasteiger partial charge in [-0.2, -0.15) is 0 Å². The highest BCUT2D eigenvalue weighted by atomic mass is 16.5. The predicted octanol–water partition coefficient (Wildman–Crippen LogP) is 1.86. The van der Waals surface area contributed by atoms with Gasteiger partial charge in [0.1, 0.15) is 0 Å².